The second kappa shape index (κ2) is 7.63. The standard InChI is InChI=1S/C20H23N3O4S/c1-13-6-7-17(12-18(13)23-10-4-5-20(23)25)22-28(26,27)19-9-8-16(11-14(19)2)21-15(3)24/h6-9,11-12,22H,4-5,10H2,1-3H3,(H,21,24). The second-order valence-electron chi connectivity index (χ2n) is 6.92. The minimum Gasteiger partial charge on any atom is -0.326 e. The minimum atomic E-state index is -3.82. The molecule has 2 aromatic rings. The molecule has 2 N–H and O–H groups in total. The number of hydrogen-bond acceptors (Lipinski definition) is 4. The maximum absolute atomic E-state index is 12.9. The summed E-state index contributed by atoms with van der Waals surface area (Å²) in [5.74, 6) is -0.177. The van der Waals surface area contributed by atoms with Gasteiger partial charge in [0, 0.05) is 31.3 Å². The summed E-state index contributed by atoms with van der Waals surface area (Å²) >= 11 is 0. The first-order chi connectivity index (χ1) is 13.2. The van der Waals surface area contributed by atoms with Gasteiger partial charge in [0.2, 0.25) is 11.8 Å². The smallest absolute Gasteiger partial charge is 0.262 e. The van der Waals surface area contributed by atoms with Gasteiger partial charge in [0.05, 0.1) is 10.6 Å². The van der Waals surface area contributed by atoms with Gasteiger partial charge in [0.15, 0.2) is 0 Å². The molecule has 1 saturated heterocycles. The molecule has 0 spiro atoms. The van der Waals surface area contributed by atoms with Crippen LogP contribution in [0.5, 0.6) is 0 Å². The molecule has 1 fully saturated rings. The monoisotopic (exact) mass is 401 g/mol. The van der Waals surface area contributed by atoms with Gasteiger partial charge in [0.1, 0.15) is 0 Å². The summed E-state index contributed by atoms with van der Waals surface area (Å²) in [4.78, 5) is 25.0. The van der Waals surface area contributed by atoms with Crippen LogP contribution in [0.25, 0.3) is 0 Å². The fourth-order valence-electron chi connectivity index (χ4n) is 3.31. The molecule has 0 aromatic heterocycles. The Hall–Kier alpha value is -2.87. The first kappa shape index (κ1) is 19.9. The number of nitrogens with one attached hydrogen (secondary N) is 2. The first-order valence-electron chi connectivity index (χ1n) is 8.99. The zero-order valence-corrected chi connectivity index (χ0v) is 16.9. The Kier molecular flexibility index (Phi) is 5.42. The summed E-state index contributed by atoms with van der Waals surface area (Å²) < 4.78 is 28.3. The summed E-state index contributed by atoms with van der Waals surface area (Å²) in [7, 11) is -3.82. The quantitative estimate of drug-likeness (QED) is 0.804. The van der Waals surface area contributed by atoms with Gasteiger partial charge < -0.3 is 10.2 Å². The molecule has 0 aliphatic carbocycles. The van der Waals surface area contributed by atoms with Crippen molar-refractivity contribution in [1.29, 1.82) is 0 Å². The van der Waals surface area contributed by atoms with Crippen molar-refractivity contribution in [1.82, 2.24) is 0 Å². The van der Waals surface area contributed by atoms with Crippen molar-refractivity contribution in [3.8, 4) is 0 Å². The minimum absolute atomic E-state index is 0.0486. The van der Waals surface area contributed by atoms with Crippen LogP contribution in [-0.4, -0.2) is 26.8 Å². The molecule has 2 aromatic carbocycles. The van der Waals surface area contributed by atoms with E-state index in [0.29, 0.717) is 29.9 Å². The predicted molar refractivity (Wildman–Crippen MR) is 109 cm³/mol. The van der Waals surface area contributed by atoms with Gasteiger partial charge in [-0.25, -0.2) is 8.42 Å². The van der Waals surface area contributed by atoms with Crippen molar-refractivity contribution in [2.45, 2.75) is 38.5 Å². The van der Waals surface area contributed by atoms with E-state index in [0.717, 1.165) is 17.7 Å². The summed E-state index contributed by atoms with van der Waals surface area (Å²) in [6.45, 7) is 5.59. The highest BCUT2D eigenvalue weighted by molar-refractivity contribution is 7.92. The Bertz CT molecular complexity index is 1050. The van der Waals surface area contributed by atoms with Crippen LogP contribution in [0.3, 0.4) is 0 Å². The van der Waals surface area contributed by atoms with Crippen molar-refractivity contribution in [3.63, 3.8) is 0 Å². The molecule has 1 aliphatic heterocycles. The lowest BCUT2D eigenvalue weighted by molar-refractivity contribution is -0.117. The highest BCUT2D eigenvalue weighted by Crippen LogP contribution is 2.30. The largest absolute Gasteiger partial charge is 0.326 e. The molecule has 7 nitrogen and oxygen atoms in total. The van der Waals surface area contributed by atoms with Crippen LogP contribution in [0.2, 0.25) is 0 Å². The fourth-order valence-corrected chi connectivity index (χ4v) is 4.59. The number of nitrogens with zero attached hydrogens (tertiary/aromatic N) is 1. The van der Waals surface area contributed by atoms with Gasteiger partial charge in [-0.05, 0) is 61.7 Å². The van der Waals surface area contributed by atoms with Crippen LogP contribution in [0.4, 0.5) is 17.1 Å². The topological polar surface area (TPSA) is 95.6 Å². The number of sulfonamides is 1. The molecule has 2 amide bonds. The Balaban J connectivity index is 1.88. The van der Waals surface area contributed by atoms with E-state index < -0.39 is 10.0 Å². The summed E-state index contributed by atoms with van der Waals surface area (Å²) in [5, 5.41) is 2.63. The van der Waals surface area contributed by atoms with E-state index in [2.05, 4.69) is 10.0 Å². The summed E-state index contributed by atoms with van der Waals surface area (Å²) in [6, 6.07) is 9.79. The molecule has 148 valence electrons. The highest BCUT2D eigenvalue weighted by Gasteiger charge is 2.24. The van der Waals surface area contributed by atoms with Crippen LogP contribution in [-0.2, 0) is 19.6 Å². The van der Waals surface area contributed by atoms with E-state index in [9.17, 15) is 18.0 Å². The van der Waals surface area contributed by atoms with E-state index in [1.54, 1.807) is 42.2 Å². The molecule has 3 rings (SSSR count). The Morgan fingerprint density at radius 1 is 1.04 bits per heavy atom. The van der Waals surface area contributed by atoms with E-state index in [4.69, 9.17) is 0 Å². The van der Waals surface area contributed by atoms with Crippen LogP contribution >= 0.6 is 0 Å². The van der Waals surface area contributed by atoms with E-state index in [-0.39, 0.29) is 16.7 Å². The molecule has 0 unspecified atom stereocenters. The average Bonchev–Trinajstić information content (AvgIpc) is 3.01. The maximum Gasteiger partial charge on any atom is 0.262 e. The molecular weight excluding hydrogens is 378 g/mol. The van der Waals surface area contributed by atoms with Crippen molar-refractivity contribution >= 4 is 38.9 Å². The van der Waals surface area contributed by atoms with Gasteiger partial charge in [-0.2, -0.15) is 0 Å². The van der Waals surface area contributed by atoms with Gasteiger partial charge in [-0.3, -0.25) is 14.3 Å². The summed E-state index contributed by atoms with van der Waals surface area (Å²) in [5.41, 5.74) is 3.08. The lowest BCUT2D eigenvalue weighted by Gasteiger charge is -2.20. The zero-order chi connectivity index (χ0) is 20.5. The second-order valence-corrected chi connectivity index (χ2v) is 8.57. The predicted octanol–water partition coefficient (Wildman–Crippen LogP) is 3.19. The van der Waals surface area contributed by atoms with E-state index in [1.165, 1.54) is 13.0 Å². The lowest BCUT2D eigenvalue weighted by Crippen LogP contribution is -2.24. The van der Waals surface area contributed by atoms with E-state index in [1.807, 2.05) is 6.92 Å². The number of amides is 2. The van der Waals surface area contributed by atoms with Gasteiger partial charge in [0.25, 0.3) is 10.0 Å². The molecule has 28 heavy (non-hydrogen) atoms. The van der Waals surface area contributed by atoms with Gasteiger partial charge >= 0.3 is 0 Å². The zero-order valence-electron chi connectivity index (χ0n) is 16.1. The number of aryl methyl sites for hydroxylation is 2. The Morgan fingerprint density at radius 3 is 2.36 bits per heavy atom. The van der Waals surface area contributed by atoms with Crippen molar-refractivity contribution in [3.05, 3.63) is 47.5 Å². The van der Waals surface area contributed by atoms with Crippen molar-refractivity contribution in [2.75, 3.05) is 21.5 Å². The van der Waals surface area contributed by atoms with Crippen molar-refractivity contribution in [2.24, 2.45) is 0 Å². The number of rotatable bonds is 5. The van der Waals surface area contributed by atoms with Crippen LogP contribution in [0, 0.1) is 13.8 Å². The number of carbonyl (C=O) groups excluding carboxylic acids is 2. The van der Waals surface area contributed by atoms with Crippen LogP contribution < -0.4 is 14.9 Å². The number of benzene rings is 2. The normalized spacial score (nSPS) is 14.2. The third-order valence-corrected chi connectivity index (χ3v) is 6.15. The first-order valence-corrected chi connectivity index (χ1v) is 10.5. The molecule has 0 atom stereocenters. The molecular formula is C20H23N3O4S. The van der Waals surface area contributed by atoms with Crippen LogP contribution in [0.1, 0.15) is 30.9 Å². The number of carbonyl (C=O) groups is 2. The molecule has 1 aliphatic rings. The SMILES string of the molecule is CC(=O)Nc1ccc(S(=O)(=O)Nc2ccc(C)c(N3CCCC3=O)c2)c(C)c1. The lowest BCUT2D eigenvalue weighted by atomic mass is 10.1. The molecule has 0 radical (unpaired) electrons. The van der Waals surface area contributed by atoms with Crippen LogP contribution in [0.15, 0.2) is 41.3 Å². The molecule has 0 saturated carbocycles. The summed E-state index contributed by atoms with van der Waals surface area (Å²) in [6.07, 6.45) is 1.31. The van der Waals surface area contributed by atoms with Gasteiger partial charge in [-0.15, -0.1) is 0 Å². The third-order valence-electron chi connectivity index (χ3n) is 4.61. The average molecular weight is 401 g/mol. The van der Waals surface area contributed by atoms with E-state index >= 15 is 0 Å². The Morgan fingerprint density at radius 2 is 1.75 bits per heavy atom. The fraction of sp³-hybridized carbons (Fsp3) is 0.300. The van der Waals surface area contributed by atoms with Gasteiger partial charge in [-0.1, -0.05) is 6.07 Å². The third kappa shape index (κ3) is 4.17. The number of anilines is 3. The van der Waals surface area contributed by atoms with Crippen molar-refractivity contribution < 1.29 is 18.0 Å². The molecule has 0 bridgehead atoms. The maximum atomic E-state index is 12.9. The highest BCUT2D eigenvalue weighted by atomic mass is 32.2. The molecule has 8 heteroatoms. The molecule has 1 heterocycles. The number of hydrogen-bond donors (Lipinski definition) is 2. The Labute approximate surface area is 164 Å².